The van der Waals surface area contributed by atoms with Crippen LogP contribution in [-0.4, -0.2) is 35.6 Å². The maximum atomic E-state index is 10.7. The third kappa shape index (κ3) is 3.29. The number of halogens is 1. The predicted octanol–water partition coefficient (Wildman–Crippen LogP) is 6.14. The van der Waals surface area contributed by atoms with E-state index in [1.807, 2.05) is 11.6 Å². The summed E-state index contributed by atoms with van der Waals surface area (Å²) >= 11 is 8.02. The van der Waals surface area contributed by atoms with Crippen LogP contribution in [0.2, 0.25) is 5.02 Å². The Labute approximate surface area is 167 Å². The van der Waals surface area contributed by atoms with Gasteiger partial charge in [-0.1, -0.05) is 42.8 Å². The second kappa shape index (κ2) is 7.12. The Morgan fingerprint density at radius 3 is 2.63 bits per heavy atom. The van der Waals surface area contributed by atoms with Crippen molar-refractivity contribution in [3.63, 3.8) is 0 Å². The number of aromatic hydroxyl groups is 1. The highest BCUT2D eigenvalue weighted by atomic mass is 35.5. The van der Waals surface area contributed by atoms with Crippen LogP contribution >= 0.6 is 22.9 Å². The van der Waals surface area contributed by atoms with Crippen LogP contribution in [-0.2, 0) is 0 Å². The van der Waals surface area contributed by atoms with E-state index in [0.717, 1.165) is 38.7 Å². The van der Waals surface area contributed by atoms with Gasteiger partial charge in [-0.3, -0.25) is 4.98 Å². The fourth-order valence-electron chi connectivity index (χ4n) is 3.69. The van der Waals surface area contributed by atoms with E-state index in [1.54, 1.807) is 17.4 Å². The van der Waals surface area contributed by atoms with E-state index in [9.17, 15) is 5.11 Å². The minimum absolute atomic E-state index is 0.182. The summed E-state index contributed by atoms with van der Waals surface area (Å²) in [5.41, 5.74) is 3.76. The molecule has 3 nitrogen and oxygen atoms in total. The molecule has 0 saturated carbocycles. The first-order chi connectivity index (χ1) is 13.0. The molecule has 0 fully saturated rings. The molecule has 4 aromatic rings. The highest BCUT2D eigenvalue weighted by molar-refractivity contribution is 7.17. The van der Waals surface area contributed by atoms with Gasteiger partial charge in [0, 0.05) is 35.1 Å². The number of thiophene rings is 1. The molecule has 0 unspecified atom stereocenters. The summed E-state index contributed by atoms with van der Waals surface area (Å²) in [6.45, 7) is 3.22. The summed E-state index contributed by atoms with van der Waals surface area (Å²) in [5, 5.41) is 15.2. The number of pyridine rings is 1. The van der Waals surface area contributed by atoms with E-state index in [1.165, 1.54) is 5.56 Å². The number of likely N-dealkylation sites (N-methyl/N-ethyl adjacent to an activating group) is 1. The van der Waals surface area contributed by atoms with Gasteiger partial charge in [-0.15, -0.1) is 11.3 Å². The van der Waals surface area contributed by atoms with Gasteiger partial charge in [0.2, 0.25) is 0 Å². The Balaban J connectivity index is 1.90. The summed E-state index contributed by atoms with van der Waals surface area (Å²) in [5.74, 6) is 0.622. The van der Waals surface area contributed by atoms with E-state index >= 15 is 0 Å². The zero-order chi connectivity index (χ0) is 19.1. The zero-order valence-corrected chi connectivity index (χ0v) is 17.1. The number of hydrogen-bond acceptors (Lipinski definition) is 4. The average Bonchev–Trinajstić information content (AvgIpc) is 3.10. The molecule has 0 aliphatic heterocycles. The number of fused-ring (bicyclic) bond motifs is 3. The Bertz CT molecular complexity index is 1120. The van der Waals surface area contributed by atoms with Crippen molar-refractivity contribution in [3.8, 4) is 16.9 Å². The molecule has 2 aromatic heterocycles. The van der Waals surface area contributed by atoms with Crippen LogP contribution in [0.1, 0.15) is 18.4 Å². The number of hydrogen-bond donors (Lipinski definition) is 1. The van der Waals surface area contributed by atoms with Crippen LogP contribution in [0.25, 0.3) is 32.1 Å². The predicted molar refractivity (Wildman–Crippen MR) is 116 cm³/mol. The standard InChI is InChI=1S/C22H21ClN2OS/c1-13(12-25(2)3)14-4-6-15(7-5-14)20-18(26)10-17(23)22-21(20)16-8-9-27-19(16)11-24-22/h4-11,13,26H,12H2,1-3H3/t13-/m0/s1. The molecule has 0 aliphatic carbocycles. The number of aromatic nitrogens is 1. The van der Waals surface area contributed by atoms with Crippen molar-refractivity contribution in [2.75, 3.05) is 20.6 Å². The first kappa shape index (κ1) is 18.2. The molecule has 0 bridgehead atoms. The fourth-order valence-corrected chi connectivity index (χ4v) is 4.70. The van der Waals surface area contributed by atoms with Crippen LogP contribution < -0.4 is 0 Å². The number of benzene rings is 2. The summed E-state index contributed by atoms with van der Waals surface area (Å²) in [4.78, 5) is 6.74. The topological polar surface area (TPSA) is 36.4 Å². The molecule has 0 aliphatic rings. The largest absolute Gasteiger partial charge is 0.507 e. The minimum Gasteiger partial charge on any atom is -0.507 e. The quantitative estimate of drug-likeness (QED) is 0.450. The third-order valence-electron chi connectivity index (χ3n) is 4.92. The van der Waals surface area contributed by atoms with Crippen LogP contribution in [0.4, 0.5) is 0 Å². The smallest absolute Gasteiger partial charge is 0.125 e. The number of phenols is 1. The van der Waals surface area contributed by atoms with Crippen molar-refractivity contribution in [1.82, 2.24) is 9.88 Å². The van der Waals surface area contributed by atoms with Crippen molar-refractivity contribution in [3.05, 3.63) is 58.6 Å². The lowest BCUT2D eigenvalue weighted by Crippen LogP contribution is -2.18. The van der Waals surface area contributed by atoms with Gasteiger partial charge < -0.3 is 10.0 Å². The molecule has 4 rings (SSSR count). The molecular formula is C22H21ClN2OS. The lowest BCUT2D eigenvalue weighted by Gasteiger charge is -2.18. The second-order valence-corrected chi connectivity index (χ2v) is 8.57. The molecule has 2 heterocycles. The molecule has 0 radical (unpaired) electrons. The number of nitrogens with zero attached hydrogens (tertiary/aromatic N) is 2. The van der Waals surface area contributed by atoms with Gasteiger partial charge in [-0.2, -0.15) is 0 Å². The van der Waals surface area contributed by atoms with Gasteiger partial charge in [-0.25, -0.2) is 0 Å². The van der Waals surface area contributed by atoms with E-state index in [2.05, 4.69) is 61.2 Å². The van der Waals surface area contributed by atoms with Crippen molar-refractivity contribution < 1.29 is 5.11 Å². The van der Waals surface area contributed by atoms with E-state index in [-0.39, 0.29) is 5.75 Å². The maximum absolute atomic E-state index is 10.7. The molecule has 0 amide bonds. The van der Waals surface area contributed by atoms with E-state index in [0.29, 0.717) is 10.9 Å². The molecule has 0 saturated heterocycles. The average molecular weight is 397 g/mol. The lowest BCUT2D eigenvalue weighted by molar-refractivity contribution is 0.383. The summed E-state index contributed by atoms with van der Waals surface area (Å²) in [6.07, 6.45) is 1.85. The monoisotopic (exact) mass is 396 g/mol. The first-order valence-electron chi connectivity index (χ1n) is 8.88. The zero-order valence-electron chi connectivity index (χ0n) is 15.5. The van der Waals surface area contributed by atoms with Gasteiger partial charge >= 0.3 is 0 Å². The minimum atomic E-state index is 0.182. The molecule has 1 atom stereocenters. The van der Waals surface area contributed by atoms with Crippen LogP contribution in [0, 0.1) is 0 Å². The fraction of sp³-hybridized carbons (Fsp3) is 0.227. The van der Waals surface area contributed by atoms with Gasteiger partial charge in [0.1, 0.15) is 5.75 Å². The van der Waals surface area contributed by atoms with Crippen molar-refractivity contribution in [2.24, 2.45) is 0 Å². The third-order valence-corrected chi connectivity index (χ3v) is 6.05. The van der Waals surface area contributed by atoms with Gasteiger partial charge in [0.05, 0.1) is 15.2 Å². The Morgan fingerprint density at radius 1 is 1.19 bits per heavy atom. The van der Waals surface area contributed by atoms with Gasteiger partial charge in [-0.05, 0) is 42.6 Å². The second-order valence-electron chi connectivity index (χ2n) is 7.22. The highest BCUT2D eigenvalue weighted by Crippen LogP contribution is 2.43. The van der Waals surface area contributed by atoms with Crippen molar-refractivity contribution in [2.45, 2.75) is 12.8 Å². The van der Waals surface area contributed by atoms with Crippen molar-refractivity contribution in [1.29, 1.82) is 0 Å². The Morgan fingerprint density at radius 2 is 1.93 bits per heavy atom. The van der Waals surface area contributed by atoms with Gasteiger partial charge in [0.15, 0.2) is 0 Å². The molecule has 1 N–H and O–H groups in total. The van der Waals surface area contributed by atoms with Crippen LogP contribution in [0.15, 0.2) is 48.0 Å². The van der Waals surface area contributed by atoms with Crippen molar-refractivity contribution >= 4 is 43.9 Å². The molecule has 5 heteroatoms. The summed E-state index contributed by atoms with van der Waals surface area (Å²) in [6, 6.07) is 12.1. The van der Waals surface area contributed by atoms with Gasteiger partial charge in [0.25, 0.3) is 0 Å². The lowest BCUT2D eigenvalue weighted by atomic mass is 9.94. The molecule has 138 valence electrons. The molecular weight excluding hydrogens is 376 g/mol. The van der Waals surface area contributed by atoms with E-state index < -0.39 is 0 Å². The number of rotatable bonds is 4. The highest BCUT2D eigenvalue weighted by Gasteiger charge is 2.17. The first-order valence-corrected chi connectivity index (χ1v) is 10.1. The Hall–Kier alpha value is -2.14. The van der Waals surface area contributed by atoms with Crippen LogP contribution in [0.3, 0.4) is 0 Å². The summed E-state index contributed by atoms with van der Waals surface area (Å²) < 4.78 is 1.08. The molecule has 0 spiro atoms. The normalized spacial score (nSPS) is 12.9. The maximum Gasteiger partial charge on any atom is 0.125 e. The van der Waals surface area contributed by atoms with Crippen LogP contribution in [0.5, 0.6) is 5.75 Å². The summed E-state index contributed by atoms with van der Waals surface area (Å²) in [7, 11) is 4.17. The molecule has 2 aromatic carbocycles. The van der Waals surface area contributed by atoms with E-state index in [4.69, 9.17) is 11.6 Å². The Kier molecular flexibility index (Phi) is 4.81. The number of phenolic OH excluding ortho intramolecular Hbond substituents is 1. The SMILES string of the molecule is C[C@@H](CN(C)C)c1ccc(-c2c(O)cc(Cl)c3ncc4sccc4c23)cc1. The molecule has 27 heavy (non-hydrogen) atoms.